The first-order valence-electron chi connectivity index (χ1n) is 17.1. The Balaban J connectivity index is 1.30. The smallest absolute Gasteiger partial charge is 0.301 e. The number of allylic oxidation sites excluding steroid dienone is 2. The molecule has 2 saturated heterocycles. The molecule has 8 rings (SSSR count). The molecule has 268 valence electrons. The number of benzene rings is 4. The fourth-order valence-corrected chi connectivity index (χ4v) is 9.44. The molecule has 1 N–H and O–H groups in total. The van der Waals surface area contributed by atoms with Gasteiger partial charge in [0.2, 0.25) is 23.6 Å². The van der Waals surface area contributed by atoms with Gasteiger partial charge in [-0.05, 0) is 54.7 Å². The number of nitro groups is 2. The molecule has 2 heterocycles. The lowest BCUT2D eigenvalue weighted by Crippen LogP contribution is -2.49. The minimum Gasteiger partial charge on any atom is -0.508 e. The first kappa shape index (κ1) is 33.7. The molecule has 4 amide bonds. The minimum absolute atomic E-state index is 0.0339. The second-order valence-corrected chi connectivity index (χ2v) is 14.5. The van der Waals surface area contributed by atoms with Crippen LogP contribution in [0.3, 0.4) is 0 Å². The molecule has 0 aromatic heterocycles. The monoisotopic (exact) mass is 715 g/mol. The molecular formula is C39H33N5O9. The summed E-state index contributed by atoms with van der Waals surface area (Å²) in [6.45, 7) is 1.73. The van der Waals surface area contributed by atoms with E-state index < -0.39 is 79.9 Å². The number of para-hydroxylation sites is 1. The number of phenolic OH excluding ortho intramolecular Hbond substituents is 1. The average molecular weight is 716 g/mol. The van der Waals surface area contributed by atoms with E-state index in [9.17, 15) is 44.5 Å². The maximum atomic E-state index is 14.8. The lowest BCUT2D eigenvalue weighted by molar-refractivity contribution is -0.392. The Hall–Kier alpha value is -6.44. The van der Waals surface area contributed by atoms with Crippen molar-refractivity contribution in [1.82, 2.24) is 0 Å². The van der Waals surface area contributed by atoms with E-state index in [1.165, 1.54) is 23.9 Å². The summed E-state index contributed by atoms with van der Waals surface area (Å²) in [6, 6.07) is 21.2. The van der Waals surface area contributed by atoms with Gasteiger partial charge in [0.1, 0.15) is 5.75 Å². The van der Waals surface area contributed by atoms with Crippen LogP contribution in [0.4, 0.5) is 28.4 Å². The molecule has 0 bridgehead atoms. The average Bonchev–Trinajstić information content (AvgIpc) is 3.51. The van der Waals surface area contributed by atoms with E-state index in [-0.39, 0.29) is 30.0 Å². The predicted molar refractivity (Wildman–Crippen MR) is 193 cm³/mol. The van der Waals surface area contributed by atoms with E-state index in [1.54, 1.807) is 49.4 Å². The molecule has 6 atom stereocenters. The molecule has 4 aromatic carbocycles. The quantitative estimate of drug-likeness (QED) is 0.110. The largest absolute Gasteiger partial charge is 0.508 e. The van der Waals surface area contributed by atoms with Crippen molar-refractivity contribution in [2.45, 2.75) is 25.7 Å². The lowest BCUT2D eigenvalue weighted by Gasteiger charge is -2.49. The third kappa shape index (κ3) is 4.64. The minimum atomic E-state index is -1.40. The molecule has 3 fully saturated rings. The van der Waals surface area contributed by atoms with Crippen LogP contribution in [0.1, 0.15) is 31.2 Å². The topological polar surface area (TPSA) is 185 Å². The van der Waals surface area contributed by atoms with Crippen LogP contribution in [0.2, 0.25) is 0 Å². The van der Waals surface area contributed by atoms with Crippen molar-refractivity contribution in [3.63, 3.8) is 0 Å². The second-order valence-electron chi connectivity index (χ2n) is 14.5. The van der Waals surface area contributed by atoms with Crippen LogP contribution in [0, 0.1) is 49.3 Å². The number of imide groups is 2. The summed E-state index contributed by atoms with van der Waals surface area (Å²) in [5.41, 5.74) is -1.84. The highest BCUT2D eigenvalue weighted by Crippen LogP contribution is 2.65. The number of carbonyl (C=O) groups is 4. The number of hydrogen-bond donors (Lipinski definition) is 1. The predicted octanol–water partition coefficient (Wildman–Crippen LogP) is 5.86. The van der Waals surface area contributed by atoms with E-state index in [1.807, 2.05) is 30.3 Å². The number of fused-ring (bicyclic) bond motifs is 5. The third-order valence-electron chi connectivity index (χ3n) is 11.7. The van der Waals surface area contributed by atoms with Gasteiger partial charge in [-0.25, -0.2) is 9.80 Å². The van der Waals surface area contributed by atoms with Crippen molar-refractivity contribution in [3.05, 3.63) is 116 Å². The summed E-state index contributed by atoms with van der Waals surface area (Å²) in [5, 5.41) is 37.4. The number of phenols is 1. The van der Waals surface area contributed by atoms with Crippen LogP contribution in [0.15, 0.2) is 90.5 Å². The Labute approximate surface area is 302 Å². The van der Waals surface area contributed by atoms with Gasteiger partial charge in [0.25, 0.3) is 0 Å². The number of rotatable bonds is 6. The van der Waals surface area contributed by atoms with E-state index >= 15 is 0 Å². The summed E-state index contributed by atoms with van der Waals surface area (Å²) in [7, 11) is 2.83. The molecule has 2 aliphatic carbocycles. The molecule has 4 aliphatic rings. The molecule has 53 heavy (non-hydrogen) atoms. The first-order valence-corrected chi connectivity index (χ1v) is 17.1. The van der Waals surface area contributed by atoms with Crippen molar-refractivity contribution in [2.75, 3.05) is 28.8 Å². The van der Waals surface area contributed by atoms with Gasteiger partial charge >= 0.3 is 11.4 Å². The Morgan fingerprint density at radius 1 is 0.792 bits per heavy atom. The van der Waals surface area contributed by atoms with E-state index in [0.717, 1.165) is 22.4 Å². The fourth-order valence-electron chi connectivity index (χ4n) is 9.44. The Morgan fingerprint density at radius 3 is 2.08 bits per heavy atom. The molecule has 14 nitrogen and oxygen atoms in total. The molecule has 1 saturated carbocycles. The lowest BCUT2D eigenvalue weighted by atomic mass is 9.51. The van der Waals surface area contributed by atoms with Crippen LogP contribution in [0.25, 0.3) is 10.8 Å². The van der Waals surface area contributed by atoms with Crippen LogP contribution in [-0.4, -0.2) is 52.7 Å². The zero-order valence-corrected chi connectivity index (χ0v) is 28.8. The van der Waals surface area contributed by atoms with Crippen LogP contribution in [-0.2, 0) is 19.2 Å². The van der Waals surface area contributed by atoms with Crippen molar-refractivity contribution in [3.8, 4) is 5.75 Å². The van der Waals surface area contributed by atoms with Crippen molar-refractivity contribution >= 4 is 62.8 Å². The Kier molecular flexibility index (Phi) is 7.50. The molecule has 2 aliphatic heterocycles. The summed E-state index contributed by atoms with van der Waals surface area (Å²) in [5.74, 6) is -6.98. The summed E-state index contributed by atoms with van der Waals surface area (Å²) < 4.78 is 0. The van der Waals surface area contributed by atoms with Gasteiger partial charge in [0.15, 0.2) is 5.69 Å². The number of nitrogens with zero attached hydrogens (tertiary/aromatic N) is 5. The van der Waals surface area contributed by atoms with Gasteiger partial charge in [-0.2, -0.15) is 0 Å². The Morgan fingerprint density at radius 2 is 1.43 bits per heavy atom. The van der Waals surface area contributed by atoms with E-state index in [4.69, 9.17) is 0 Å². The van der Waals surface area contributed by atoms with Crippen LogP contribution >= 0.6 is 0 Å². The molecule has 0 radical (unpaired) electrons. The SMILES string of the molecule is CN(C)c1c([N+](=O)[O-])cc(N2C(=O)C3CC=C4C(CC5C(=O)N(c6ccccc6)C(=O)C5(C)C4c4c(O)ccc5ccccc45)C3C2=O)cc1[N+](=O)[O-]. The van der Waals surface area contributed by atoms with Gasteiger partial charge in [-0.1, -0.05) is 60.2 Å². The second kappa shape index (κ2) is 11.8. The molecule has 0 spiro atoms. The molecular weight excluding hydrogens is 682 g/mol. The van der Waals surface area contributed by atoms with Crippen LogP contribution in [0.5, 0.6) is 5.75 Å². The standard InChI is InChI=1S/C39H33N5O9/c1-39-27(36(47)42(38(39)49)21-10-5-4-6-11-21)19-26-24(33(39)32-23-12-8-7-9-20(23)13-16-30(32)45)14-15-25-31(26)37(48)41(35(25)46)22-17-28(43(50)51)34(40(2)3)29(18-22)44(52)53/h4-14,16-18,25-27,31,33,45H,15,19H2,1-3H3. The maximum Gasteiger partial charge on any atom is 0.301 e. The highest BCUT2D eigenvalue weighted by Gasteiger charge is 2.68. The molecule has 4 aromatic rings. The number of amides is 4. The highest BCUT2D eigenvalue weighted by atomic mass is 16.6. The summed E-state index contributed by atoms with van der Waals surface area (Å²) >= 11 is 0. The van der Waals surface area contributed by atoms with Gasteiger partial charge in [0.05, 0.1) is 44.4 Å². The zero-order chi connectivity index (χ0) is 37.7. The van der Waals surface area contributed by atoms with Gasteiger partial charge in [0, 0.05) is 37.7 Å². The summed E-state index contributed by atoms with van der Waals surface area (Å²) in [4.78, 5) is 84.0. The van der Waals surface area contributed by atoms with Gasteiger partial charge < -0.3 is 10.0 Å². The number of anilines is 3. The van der Waals surface area contributed by atoms with E-state index in [2.05, 4.69) is 0 Å². The van der Waals surface area contributed by atoms with Gasteiger partial charge in [-0.3, -0.25) is 39.4 Å². The van der Waals surface area contributed by atoms with Gasteiger partial charge in [-0.15, -0.1) is 0 Å². The fraction of sp³-hybridized carbons (Fsp3) is 0.282. The van der Waals surface area contributed by atoms with Crippen molar-refractivity contribution in [2.24, 2.45) is 29.1 Å². The third-order valence-corrected chi connectivity index (χ3v) is 11.7. The number of carbonyl (C=O) groups excluding carboxylic acids is 4. The van der Waals surface area contributed by atoms with E-state index in [0.29, 0.717) is 22.2 Å². The first-order chi connectivity index (χ1) is 25.3. The zero-order valence-electron chi connectivity index (χ0n) is 28.8. The van der Waals surface area contributed by atoms with Crippen molar-refractivity contribution < 1.29 is 34.1 Å². The normalized spacial score (nSPS) is 26.3. The molecule has 14 heteroatoms. The highest BCUT2D eigenvalue weighted by molar-refractivity contribution is 6.25. The number of nitro benzene ring substituents is 2. The van der Waals surface area contributed by atoms with Crippen LogP contribution < -0.4 is 14.7 Å². The molecule has 6 unspecified atom stereocenters. The van der Waals surface area contributed by atoms with Crippen molar-refractivity contribution in [1.29, 1.82) is 0 Å². The Bertz CT molecular complexity index is 2320. The number of hydrogen-bond acceptors (Lipinski definition) is 10. The number of aromatic hydroxyl groups is 1. The maximum absolute atomic E-state index is 14.8. The summed E-state index contributed by atoms with van der Waals surface area (Å²) in [6.07, 6.45) is 1.92.